The van der Waals surface area contributed by atoms with Crippen molar-refractivity contribution in [2.45, 2.75) is 32.4 Å². The van der Waals surface area contributed by atoms with Crippen LogP contribution in [0.25, 0.3) is 0 Å². The average molecular weight is 240 g/mol. The van der Waals surface area contributed by atoms with Crippen LogP contribution >= 0.6 is 0 Å². The van der Waals surface area contributed by atoms with Gasteiger partial charge in [0.2, 0.25) is 0 Å². The van der Waals surface area contributed by atoms with E-state index in [1.807, 2.05) is 0 Å². The van der Waals surface area contributed by atoms with Crippen molar-refractivity contribution in [3.63, 3.8) is 0 Å². The first kappa shape index (κ1) is 12.3. The summed E-state index contributed by atoms with van der Waals surface area (Å²) in [6.45, 7) is 6.08. The van der Waals surface area contributed by atoms with Crippen molar-refractivity contribution in [3.8, 4) is 0 Å². The third-order valence-electron chi connectivity index (χ3n) is 3.26. The molecule has 1 fully saturated rings. The summed E-state index contributed by atoms with van der Waals surface area (Å²) < 4.78 is 26.9. The van der Waals surface area contributed by atoms with Gasteiger partial charge in [-0.15, -0.1) is 0 Å². The highest BCUT2D eigenvalue weighted by Crippen LogP contribution is 2.22. The Bertz CT molecular complexity index is 373. The third kappa shape index (κ3) is 2.75. The molecule has 17 heavy (non-hydrogen) atoms. The van der Waals surface area contributed by atoms with Crippen molar-refractivity contribution < 1.29 is 8.78 Å². The van der Waals surface area contributed by atoms with Crippen LogP contribution in [-0.4, -0.2) is 30.1 Å². The van der Waals surface area contributed by atoms with Gasteiger partial charge in [-0.1, -0.05) is 6.07 Å². The summed E-state index contributed by atoms with van der Waals surface area (Å²) in [7, 11) is 0. The highest BCUT2D eigenvalue weighted by atomic mass is 19.1. The second kappa shape index (κ2) is 5.00. The molecular weight excluding hydrogens is 222 g/mol. The van der Waals surface area contributed by atoms with Crippen LogP contribution < -0.4 is 5.32 Å². The molecule has 1 aliphatic heterocycles. The van der Waals surface area contributed by atoms with E-state index in [0.717, 1.165) is 19.5 Å². The SMILES string of the molecule is CC(C)N1CCC(Nc2c(F)cccc2F)C1. The first-order chi connectivity index (χ1) is 8.08. The summed E-state index contributed by atoms with van der Waals surface area (Å²) in [6, 6.07) is 4.54. The van der Waals surface area contributed by atoms with Gasteiger partial charge in [0.15, 0.2) is 0 Å². The number of para-hydroxylation sites is 1. The van der Waals surface area contributed by atoms with E-state index in [1.165, 1.54) is 18.2 Å². The molecule has 0 aliphatic carbocycles. The van der Waals surface area contributed by atoms with Gasteiger partial charge in [-0.2, -0.15) is 0 Å². The van der Waals surface area contributed by atoms with Gasteiger partial charge in [-0.3, -0.25) is 4.90 Å². The zero-order valence-corrected chi connectivity index (χ0v) is 10.2. The zero-order valence-electron chi connectivity index (χ0n) is 10.2. The Kier molecular flexibility index (Phi) is 3.62. The maximum atomic E-state index is 13.4. The fraction of sp³-hybridized carbons (Fsp3) is 0.538. The molecular formula is C13H18F2N2. The molecule has 1 aromatic rings. The minimum absolute atomic E-state index is 0.00288. The Morgan fingerprint density at radius 3 is 2.47 bits per heavy atom. The van der Waals surface area contributed by atoms with Gasteiger partial charge in [0, 0.05) is 25.2 Å². The third-order valence-corrected chi connectivity index (χ3v) is 3.26. The number of rotatable bonds is 3. The molecule has 0 radical (unpaired) electrons. The lowest BCUT2D eigenvalue weighted by Gasteiger charge is -2.21. The predicted octanol–water partition coefficient (Wildman–Crippen LogP) is 2.86. The maximum absolute atomic E-state index is 13.4. The highest BCUT2D eigenvalue weighted by molar-refractivity contribution is 5.47. The molecule has 2 rings (SSSR count). The van der Waals surface area contributed by atoms with Crippen LogP contribution in [0.3, 0.4) is 0 Å². The molecule has 0 amide bonds. The van der Waals surface area contributed by atoms with Crippen LogP contribution in [0.2, 0.25) is 0 Å². The molecule has 1 unspecified atom stereocenters. The van der Waals surface area contributed by atoms with Crippen LogP contribution in [0, 0.1) is 11.6 Å². The largest absolute Gasteiger partial charge is 0.376 e. The summed E-state index contributed by atoms with van der Waals surface area (Å²) in [5, 5.41) is 2.97. The molecule has 0 spiro atoms. The number of nitrogens with one attached hydrogen (secondary N) is 1. The molecule has 1 N–H and O–H groups in total. The second-order valence-electron chi connectivity index (χ2n) is 4.82. The zero-order chi connectivity index (χ0) is 12.4. The lowest BCUT2D eigenvalue weighted by atomic mass is 10.2. The predicted molar refractivity (Wildman–Crippen MR) is 65.1 cm³/mol. The van der Waals surface area contributed by atoms with Crippen LogP contribution in [0.5, 0.6) is 0 Å². The summed E-state index contributed by atoms with van der Waals surface area (Å²) in [6.07, 6.45) is 0.923. The maximum Gasteiger partial charge on any atom is 0.149 e. The molecule has 1 heterocycles. The molecule has 2 nitrogen and oxygen atoms in total. The smallest absolute Gasteiger partial charge is 0.149 e. The molecule has 0 saturated carbocycles. The van der Waals surface area contributed by atoms with E-state index >= 15 is 0 Å². The Morgan fingerprint density at radius 1 is 1.29 bits per heavy atom. The van der Waals surface area contributed by atoms with Crippen molar-refractivity contribution in [1.82, 2.24) is 4.90 Å². The normalized spacial score (nSPS) is 21.1. The summed E-state index contributed by atoms with van der Waals surface area (Å²) in [5.74, 6) is -1.04. The Labute approximate surface area is 101 Å². The van der Waals surface area contributed by atoms with E-state index in [-0.39, 0.29) is 11.7 Å². The number of halogens is 2. The molecule has 1 atom stereocenters. The van der Waals surface area contributed by atoms with Crippen LogP contribution in [0.1, 0.15) is 20.3 Å². The Balaban J connectivity index is 2.03. The number of anilines is 1. The van der Waals surface area contributed by atoms with Crippen LogP contribution in [0.15, 0.2) is 18.2 Å². The topological polar surface area (TPSA) is 15.3 Å². The minimum Gasteiger partial charge on any atom is -0.376 e. The monoisotopic (exact) mass is 240 g/mol. The van der Waals surface area contributed by atoms with Crippen molar-refractivity contribution >= 4 is 5.69 Å². The number of likely N-dealkylation sites (tertiary alicyclic amines) is 1. The average Bonchev–Trinajstić information content (AvgIpc) is 2.72. The van der Waals surface area contributed by atoms with Gasteiger partial charge in [-0.05, 0) is 32.4 Å². The molecule has 1 saturated heterocycles. The van der Waals surface area contributed by atoms with Gasteiger partial charge in [-0.25, -0.2) is 8.78 Å². The summed E-state index contributed by atoms with van der Waals surface area (Å²) >= 11 is 0. The fourth-order valence-electron chi connectivity index (χ4n) is 2.21. The van der Waals surface area contributed by atoms with Gasteiger partial charge < -0.3 is 5.32 Å². The molecule has 0 aromatic heterocycles. The molecule has 0 bridgehead atoms. The van der Waals surface area contributed by atoms with E-state index < -0.39 is 11.6 Å². The van der Waals surface area contributed by atoms with E-state index in [2.05, 4.69) is 24.1 Å². The number of hydrogen-bond donors (Lipinski definition) is 1. The number of benzene rings is 1. The van der Waals surface area contributed by atoms with E-state index in [0.29, 0.717) is 6.04 Å². The van der Waals surface area contributed by atoms with Crippen LogP contribution in [0.4, 0.5) is 14.5 Å². The van der Waals surface area contributed by atoms with Gasteiger partial charge >= 0.3 is 0 Å². The van der Waals surface area contributed by atoms with Crippen LogP contribution in [-0.2, 0) is 0 Å². The number of hydrogen-bond acceptors (Lipinski definition) is 2. The summed E-state index contributed by atoms with van der Waals surface area (Å²) in [5.41, 5.74) is 0.00288. The second-order valence-corrected chi connectivity index (χ2v) is 4.82. The fourth-order valence-corrected chi connectivity index (χ4v) is 2.21. The highest BCUT2D eigenvalue weighted by Gasteiger charge is 2.25. The number of nitrogens with zero attached hydrogens (tertiary/aromatic N) is 1. The minimum atomic E-state index is -0.520. The molecule has 1 aromatic carbocycles. The Hall–Kier alpha value is -1.16. The molecule has 94 valence electrons. The summed E-state index contributed by atoms with van der Waals surface area (Å²) in [4.78, 5) is 2.30. The quantitative estimate of drug-likeness (QED) is 0.874. The Morgan fingerprint density at radius 2 is 1.94 bits per heavy atom. The standard InChI is InChI=1S/C13H18F2N2/c1-9(2)17-7-6-10(8-17)16-13-11(14)4-3-5-12(13)15/h3-5,9-10,16H,6-8H2,1-2H3. The first-order valence-electron chi connectivity index (χ1n) is 6.02. The van der Waals surface area contributed by atoms with E-state index in [4.69, 9.17) is 0 Å². The van der Waals surface area contributed by atoms with Crippen molar-refractivity contribution in [1.29, 1.82) is 0 Å². The lowest BCUT2D eigenvalue weighted by Crippen LogP contribution is -2.31. The first-order valence-corrected chi connectivity index (χ1v) is 6.02. The molecule has 1 aliphatic rings. The van der Waals surface area contributed by atoms with Crippen molar-refractivity contribution in [2.75, 3.05) is 18.4 Å². The van der Waals surface area contributed by atoms with Crippen molar-refractivity contribution in [3.05, 3.63) is 29.8 Å². The lowest BCUT2D eigenvalue weighted by molar-refractivity contribution is 0.274. The van der Waals surface area contributed by atoms with Gasteiger partial charge in [0.25, 0.3) is 0 Å². The molecule has 4 heteroatoms. The van der Waals surface area contributed by atoms with E-state index in [1.54, 1.807) is 0 Å². The van der Waals surface area contributed by atoms with Gasteiger partial charge in [0.05, 0.1) is 0 Å². The van der Waals surface area contributed by atoms with Gasteiger partial charge in [0.1, 0.15) is 17.3 Å². The van der Waals surface area contributed by atoms with Crippen molar-refractivity contribution in [2.24, 2.45) is 0 Å². The van der Waals surface area contributed by atoms with E-state index in [9.17, 15) is 8.78 Å².